The summed E-state index contributed by atoms with van der Waals surface area (Å²) in [4.78, 5) is 3.26. The van der Waals surface area contributed by atoms with Crippen molar-refractivity contribution >= 4 is 10.9 Å². The first-order valence-corrected chi connectivity index (χ1v) is 5.49. The Morgan fingerprint density at radius 3 is 2.93 bits per heavy atom. The molecule has 3 N–H and O–H groups in total. The molecule has 0 spiro atoms. The van der Waals surface area contributed by atoms with Crippen molar-refractivity contribution < 1.29 is 0 Å². The van der Waals surface area contributed by atoms with E-state index < -0.39 is 0 Å². The van der Waals surface area contributed by atoms with Crippen molar-refractivity contribution in [3.63, 3.8) is 0 Å². The molecule has 80 valence electrons. The lowest BCUT2D eigenvalue weighted by Crippen LogP contribution is -2.15. The molecule has 1 heterocycles. The normalized spacial score (nSPS) is 13.3. The lowest BCUT2D eigenvalue weighted by atomic mass is 10.0. The summed E-state index contributed by atoms with van der Waals surface area (Å²) in [5.41, 5.74) is 9.67. The van der Waals surface area contributed by atoms with Crippen molar-refractivity contribution in [1.82, 2.24) is 4.98 Å². The number of benzene rings is 1. The first-order valence-electron chi connectivity index (χ1n) is 5.49. The van der Waals surface area contributed by atoms with Crippen LogP contribution in [0.2, 0.25) is 0 Å². The van der Waals surface area contributed by atoms with Crippen molar-refractivity contribution in [1.29, 1.82) is 0 Å². The minimum absolute atomic E-state index is 0.285. The third-order valence-electron chi connectivity index (χ3n) is 2.84. The van der Waals surface area contributed by atoms with Crippen LogP contribution in [0.3, 0.4) is 0 Å². The number of fused-ring (bicyclic) bond motifs is 1. The Morgan fingerprint density at radius 1 is 1.40 bits per heavy atom. The lowest BCUT2D eigenvalue weighted by molar-refractivity contribution is 0.666. The molecule has 2 rings (SSSR count). The van der Waals surface area contributed by atoms with Crippen LogP contribution in [0.15, 0.2) is 24.4 Å². The van der Waals surface area contributed by atoms with Gasteiger partial charge in [-0.15, -0.1) is 0 Å². The third kappa shape index (κ3) is 2.21. The van der Waals surface area contributed by atoms with Gasteiger partial charge in [-0.05, 0) is 49.9 Å². The van der Waals surface area contributed by atoms with E-state index in [9.17, 15) is 0 Å². The SMILES string of the molecule is Cc1c[nH]c2ccc(CCC(C)N)cc12. The monoisotopic (exact) mass is 202 g/mol. The molecule has 1 aromatic heterocycles. The van der Waals surface area contributed by atoms with Crippen molar-refractivity contribution in [3.05, 3.63) is 35.5 Å². The van der Waals surface area contributed by atoms with Gasteiger partial charge in [0.05, 0.1) is 0 Å². The average molecular weight is 202 g/mol. The van der Waals surface area contributed by atoms with E-state index in [1.807, 2.05) is 0 Å². The van der Waals surface area contributed by atoms with E-state index in [4.69, 9.17) is 5.73 Å². The molecular formula is C13H18N2. The van der Waals surface area contributed by atoms with Gasteiger partial charge in [-0.1, -0.05) is 6.07 Å². The van der Waals surface area contributed by atoms with Crippen LogP contribution in [0.4, 0.5) is 0 Å². The van der Waals surface area contributed by atoms with Crippen LogP contribution in [0.1, 0.15) is 24.5 Å². The minimum Gasteiger partial charge on any atom is -0.361 e. The standard InChI is InChI=1S/C13H18N2/c1-9-8-15-13-6-5-11(7-12(9)13)4-3-10(2)14/h5-8,10,15H,3-4,14H2,1-2H3. The highest BCUT2D eigenvalue weighted by Gasteiger charge is 2.02. The predicted molar refractivity (Wildman–Crippen MR) is 65.0 cm³/mol. The van der Waals surface area contributed by atoms with E-state index in [2.05, 4.69) is 43.2 Å². The molecule has 0 saturated heterocycles. The molecule has 0 aliphatic heterocycles. The van der Waals surface area contributed by atoms with Gasteiger partial charge in [0, 0.05) is 23.1 Å². The van der Waals surface area contributed by atoms with Crippen molar-refractivity contribution in [2.45, 2.75) is 32.7 Å². The van der Waals surface area contributed by atoms with Gasteiger partial charge < -0.3 is 10.7 Å². The van der Waals surface area contributed by atoms with E-state index in [0.717, 1.165) is 12.8 Å². The molecule has 2 nitrogen and oxygen atoms in total. The highest BCUT2D eigenvalue weighted by Crippen LogP contribution is 2.19. The first kappa shape index (κ1) is 10.2. The van der Waals surface area contributed by atoms with E-state index in [-0.39, 0.29) is 6.04 Å². The van der Waals surface area contributed by atoms with Gasteiger partial charge in [-0.3, -0.25) is 0 Å². The zero-order valence-corrected chi connectivity index (χ0v) is 9.38. The molecule has 2 aromatic rings. The molecule has 0 aliphatic rings. The number of aromatic nitrogens is 1. The molecule has 0 radical (unpaired) electrons. The van der Waals surface area contributed by atoms with Crippen molar-refractivity contribution in [2.24, 2.45) is 5.73 Å². The van der Waals surface area contributed by atoms with Crippen LogP contribution in [-0.4, -0.2) is 11.0 Å². The molecule has 0 fully saturated rings. The fourth-order valence-corrected chi connectivity index (χ4v) is 1.86. The molecule has 0 bridgehead atoms. The fraction of sp³-hybridized carbons (Fsp3) is 0.385. The Bertz CT molecular complexity index is 455. The van der Waals surface area contributed by atoms with Gasteiger partial charge in [0.15, 0.2) is 0 Å². The van der Waals surface area contributed by atoms with Crippen LogP contribution in [0.5, 0.6) is 0 Å². The summed E-state index contributed by atoms with van der Waals surface area (Å²) in [6.07, 6.45) is 4.17. The van der Waals surface area contributed by atoms with Crippen LogP contribution < -0.4 is 5.73 Å². The zero-order chi connectivity index (χ0) is 10.8. The topological polar surface area (TPSA) is 41.8 Å². The van der Waals surface area contributed by atoms with Gasteiger partial charge in [0.1, 0.15) is 0 Å². The Labute approximate surface area is 90.5 Å². The fourth-order valence-electron chi connectivity index (χ4n) is 1.86. The van der Waals surface area contributed by atoms with E-state index in [1.165, 1.54) is 22.0 Å². The molecule has 15 heavy (non-hydrogen) atoms. The van der Waals surface area contributed by atoms with Crippen LogP contribution in [0.25, 0.3) is 10.9 Å². The molecule has 2 heteroatoms. The van der Waals surface area contributed by atoms with Crippen LogP contribution >= 0.6 is 0 Å². The molecule has 1 unspecified atom stereocenters. The van der Waals surface area contributed by atoms with E-state index in [0.29, 0.717) is 0 Å². The number of aromatic amines is 1. The van der Waals surface area contributed by atoms with Crippen LogP contribution in [0, 0.1) is 6.92 Å². The van der Waals surface area contributed by atoms with Gasteiger partial charge >= 0.3 is 0 Å². The van der Waals surface area contributed by atoms with Gasteiger partial charge in [-0.25, -0.2) is 0 Å². The number of nitrogens with one attached hydrogen (secondary N) is 1. The minimum atomic E-state index is 0.285. The van der Waals surface area contributed by atoms with Crippen LogP contribution in [-0.2, 0) is 6.42 Å². The highest BCUT2D eigenvalue weighted by molar-refractivity contribution is 5.83. The predicted octanol–water partition coefficient (Wildman–Crippen LogP) is 2.76. The molecule has 1 atom stereocenters. The number of H-pyrrole nitrogens is 1. The summed E-state index contributed by atoms with van der Waals surface area (Å²) >= 11 is 0. The summed E-state index contributed by atoms with van der Waals surface area (Å²) < 4.78 is 0. The number of rotatable bonds is 3. The second-order valence-electron chi connectivity index (χ2n) is 4.37. The maximum absolute atomic E-state index is 5.76. The van der Waals surface area contributed by atoms with Crippen molar-refractivity contribution in [2.75, 3.05) is 0 Å². The maximum atomic E-state index is 5.76. The average Bonchev–Trinajstić information content (AvgIpc) is 2.57. The molecule has 0 amide bonds. The number of hydrogen-bond acceptors (Lipinski definition) is 1. The molecular weight excluding hydrogens is 184 g/mol. The summed E-state index contributed by atoms with van der Waals surface area (Å²) in [7, 11) is 0. The van der Waals surface area contributed by atoms with Gasteiger partial charge in [0.25, 0.3) is 0 Å². The summed E-state index contributed by atoms with van der Waals surface area (Å²) in [5, 5.41) is 1.33. The Hall–Kier alpha value is -1.28. The zero-order valence-electron chi connectivity index (χ0n) is 9.38. The number of aryl methyl sites for hydroxylation is 2. The first-order chi connectivity index (χ1) is 7.16. The molecule has 1 aromatic carbocycles. The van der Waals surface area contributed by atoms with Gasteiger partial charge in [0.2, 0.25) is 0 Å². The number of nitrogens with two attached hydrogens (primary N) is 1. The summed E-state index contributed by atoms with van der Waals surface area (Å²) in [6, 6.07) is 6.89. The Kier molecular flexibility index (Phi) is 2.78. The largest absolute Gasteiger partial charge is 0.361 e. The molecule has 0 saturated carbocycles. The highest BCUT2D eigenvalue weighted by atomic mass is 14.7. The second-order valence-corrected chi connectivity index (χ2v) is 4.37. The Morgan fingerprint density at radius 2 is 2.20 bits per heavy atom. The summed E-state index contributed by atoms with van der Waals surface area (Å²) in [5.74, 6) is 0. The molecule has 0 aliphatic carbocycles. The van der Waals surface area contributed by atoms with Crippen molar-refractivity contribution in [3.8, 4) is 0 Å². The maximum Gasteiger partial charge on any atom is 0.0456 e. The smallest absolute Gasteiger partial charge is 0.0456 e. The second kappa shape index (κ2) is 4.07. The summed E-state index contributed by atoms with van der Waals surface area (Å²) in [6.45, 7) is 4.19. The number of hydrogen-bond donors (Lipinski definition) is 2. The lowest BCUT2D eigenvalue weighted by Gasteiger charge is -2.05. The third-order valence-corrected chi connectivity index (χ3v) is 2.84. The van der Waals surface area contributed by atoms with E-state index >= 15 is 0 Å². The van der Waals surface area contributed by atoms with Gasteiger partial charge in [-0.2, -0.15) is 0 Å². The Balaban J connectivity index is 2.25. The van der Waals surface area contributed by atoms with E-state index in [1.54, 1.807) is 0 Å². The quantitative estimate of drug-likeness (QED) is 0.789.